The maximum absolute atomic E-state index is 12.1. The molecule has 0 spiro atoms. The topological polar surface area (TPSA) is 71.1 Å². The van der Waals surface area contributed by atoms with Crippen molar-refractivity contribution in [3.8, 4) is 0 Å². The van der Waals surface area contributed by atoms with Crippen LogP contribution >= 0.6 is 0 Å². The molecule has 118 valence electrons. The first-order valence-corrected chi connectivity index (χ1v) is 9.14. The molecule has 0 aliphatic carbocycles. The Morgan fingerprint density at radius 3 is 2.76 bits per heavy atom. The number of hydrogen-bond donors (Lipinski definition) is 2. The second kappa shape index (κ2) is 6.85. The van der Waals surface area contributed by atoms with Gasteiger partial charge in [0, 0.05) is 25.0 Å². The summed E-state index contributed by atoms with van der Waals surface area (Å²) in [6, 6.07) is 3.89. The first-order valence-electron chi connectivity index (χ1n) is 7.49. The second-order valence-corrected chi connectivity index (χ2v) is 8.30. The summed E-state index contributed by atoms with van der Waals surface area (Å²) in [7, 11) is -3.24. The van der Waals surface area contributed by atoms with Crippen LogP contribution in [-0.4, -0.2) is 38.3 Å². The molecule has 1 fully saturated rings. The third-order valence-electron chi connectivity index (χ3n) is 4.25. The highest BCUT2D eigenvalue weighted by atomic mass is 32.2. The Kier molecular flexibility index (Phi) is 5.35. The quantitative estimate of drug-likeness (QED) is 0.831. The Morgan fingerprint density at radius 2 is 2.10 bits per heavy atom. The van der Waals surface area contributed by atoms with Crippen molar-refractivity contribution in [2.24, 2.45) is 5.41 Å². The van der Waals surface area contributed by atoms with Gasteiger partial charge in [-0.3, -0.25) is 4.98 Å². The standard InChI is InChI=1S/C15H25N3O2S/c1-15(2)7-3-8-17-14(15)12-18-21(19,20)11-6-13-4-9-16-10-5-13/h4-5,9-10,14,17-18H,3,6-8,11-12H2,1-2H3. The predicted molar refractivity (Wildman–Crippen MR) is 84.5 cm³/mol. The summed E-state index contributed by atoms with van der Waals surface area (Å²) in [6.07, 6.45) is 6.16. The number of pyridine rings is 1. The molecular formula is C15H25N3O2S. The highest BCUT2D eigenvalue weighted by Crippen LogP contribution is 2.29. The largest absolute Gasteiger partial charge is 0.312 e. The molecule has 1 aromatic heterocycles. The van der Waals surface area contributed by atoms with Crippen LogP contribution in [-0.2, 0) is 16.4 Å². The lowest BCUT2D eigenvalue weighted by Gasteiger charge is -2.39. The zero-order valence-electron chi connectivity index (χ0n) is 12.8. The van der Waals surface area contributed by atoms with Crippen LogP contribution in [0.25, 0.3) is 0 Å². The van der Waals surface area contributed by atoms with Gasteiger partial charge in [-0.05, 0) is 48.9 Å². The lowest BCUT2D eigenvalue weighted by molar-refractivity contribution is 0.181. The van der Waals surface area contributed by atoms with E-state index in [1.54, 1.807) is 12.4 Å². The van der Waals surface area contributed by atoms with E-state index in [1.807, 2.05) is 12.1 Å². The summed E-state index contributed by atoms with van der Waals surface area (Å²) in [4.78, 5) is 3.93. The Labute approximate surface area is 127 Å². The molecule has 2 heterocycles. The number of aromatic nitrogens is 1. The number of rotatable bonds is 6. The van der Waals surface area contributed by atoms with Crippen LogP contribution in [0.5, 0.6) is 0 Å². The molecule has 2 rings (SSSR count). The van der Waals surface area contributed by atoms with Gasteiger partial charge in [-0.1, -0.05) is 13.8 Å². The molecule has 0 radical (unpaired) electrons. The minimum absolute atomic E-state index is 0.115. The van der Waals surface area contributed by atoms with Gasteiger partial charge in [0.1, 0.15) is 0 Å². The van der Waals surface area contributed by atoms with Gasteiger partial charge in [0.05, 0.1) is 5.75 Å². The van der Waals surface area contributed by atoms with E-state index < -0.39 is 10.0 Å². The highest BCUT2D eigenvalue weighted by Gasteiger charge is 2.32. The minimum atomic E-state index is -3.24. The summed E-state index contributed by atoms with van der Waals surface area (Å²) in [5, 5.41) is 3.42. The third kappa shape index (κ3) is 5.05. The van der Waals surface area contributed by atoms with E-state index in [0.29, 0.717) is 13.0 Å². The molecule has 1 saturated heterocycles. The van der Waals surface area contributed by atoms with Crippen molar-refractivity contribution in [1.82, 2.24) is 15.0 Å². The summed E-state index contributed by atoms with van der Waals surface area (Å²) >= 11 is 0. The lowest BCUT2D eigenvalue weighted by atomic mass is 9.78. The Bertz CT molecular complexity index is 543. The molecule has 1 aliphatic heterocycles. The molecule has 0 aromatic carbocycles. The molecule has 6 heteroatoms. The van der Waals surface area contributed by atoms with Crippen LogP contribution in [0.1, 0.15) is 32.3 Å². The SMILES string of the molecule is CC1(C)CCCNC1CNS(=O)(=O)CCc1ccncc1. The maximum atomic E-state index is 12.1. The Hall–Kier alpha value is -0.980. The molecule has 0 bridgehead atoms. The predicted octanol–water partition coefficient (Wildman–Crippen LogP) is 1.32. The summed E-state index contributed by atoms with van der Waals surface area (Å²) < 4.78 is 27.0. The molecule has 1 aliphatic rings. The third-order valence-corrected chi connectivity index (χ3v) is 5.60. The van der Waals surface area contributed by atoms with Crippen LogP contribution in [0, 0.1) is 5.41 Å². The van der Waals surface area contributed by atoms with E-state index in [1.165, 1.54) is 0 Å². The number of hydrogen-bond acceptors (Lipinski definition) is 4. The van der Waals surface area contributed by atoms with Crippen molar-refractivity contribution in [2.45, 2.75) is 39.2 Å². The van der Waals surface area contributed by atoms with Crippen molar-refractivity contribution in [3.63, 3.8) is 0 Å². The first kappa shape index (κ1) is 16.4. The Morgan fingerprint density at radius 1 is 1.38 bits per heavy atom. The van der Waals surface area contributed by atoms with Gasteiger partial charge in [0.15, 0.2) is 0 Å². The molecule has 1 atom stereocenters. The van der Waals surface area contributed by atoms with Gasteiger partial charge in [-0.15, -0.1) is 0 Å². The highest BCUT2D eigenvalue weighted by molar-refractivity contribution is 7.89. The fraction of sp³-hybridized carbons (Fsp3) is 0.667. The first-order chi connectivity index (χ1) is 9.89. The number of nitrogens with one attached hydrogen (secondary N) is 2. The van der Waals surface area contributed by atoms with Gasteiger partial charge < -0.3 is 5.32 Å². The molecule has 1 unspecified atom stereocenters. The van der Waals surface area contributed by atoms with Gasteiger partial charge in [-0.25, -0.2) is 13.1 Å². The van der Waals surface area contributed by atoms with E-state index in [-0.39, 0.29) is 17.2 Å². The van der Waals surface area contributed by atoms with Crippen molar-refractivity contribution in [3.05, 3.63) is 30.1 Å². The second-order valence-electron chi connectivity index (χ2n) is 6.37. The van der Waals surface area contributed by atoms with Crippen LogP contribution < -0.4 is 10.0 Å². The smallest absolute Gasteiger partial charge is 0.211 e. The molecule has 1 aromatic rings. The molecule has 2 N–H and O–H groups in total. The van der Waals surface area contributed by atoms with Crippen molar-refractivity contribution in [2.75, 3.05) is 18.8 Å². The van der Waals surface area contributed by atoms with E-state index in [4.69, 9.17) is 0 Å². The van der Waals surface area contributed by atoms with E-state index >= 15 is 0 Å². The number of sulfonamides is 1. The van der Waals surface area contributed by atoms with Crippen LogP contribution in [0.15, 0.2) is 24.5 Å². The minimum Gasteiger partial charge on any atom is -0.312 e. The maximum Gasteiger partial charge on any atom is 0.211 e. The van der Waals surface area contributed by atoms with E-state index in [9.17, 15) is 8.42 Å². The van der Waals surface area contributed by atoms with Gasteiger partial charge >= 0.3 is 0 Å². The van der Waals surface area contributed by atoms with Crippen LogP contribution in [0.4, 0.5) is 0 Å². The molecular weight excluding hydrogens is 286 g/mol. The zero-order chi connectivity index (χ0) is 15.3. The number of piperidine rings is 1. The summed E-state index contributed by atoms with van der Waals surface area (Å²) in [5.74, 6) is 0.115. The van der Waals surface area contributed by atoms with Crippen molar-refractivity contribution >= 4 is 10.0 Å². The summed E-state index contributed by atoms with van der Waals surface area (Å²) in [6.45, 7) is 5.81. The fourth-order valence-corrected chi connectivity index (χ4v) is 3.77. The average molecular weight is 311 g/mol. The molecule has 5 nitrogen and oxygen atoms in total. The van der Waals surface area contributed by atoms with Crippen molar-refractivity contribution < 1.29 is 8.42 Å². The van der Waals surface area contributed by atoms with Crippen LogP contribution in [0.3, 0.4) is 0 Å². The van der Waals surface area contributed by atoms with E-state index in [2.05, 4.69) is 28.9 Å². The fourth-order valence-electron chi connectivity index (χ4n) is 2.70. The number of nitrogens with zero attached hydrogens (tertiary/aromatic N) is 1. The number of aryl methyl sites for hydroxylation is 1. The van der Waals surface area contributed by atoms with Gasteiger partial charge in [0.25, 0.3) is 0 Å². The van der Waals surface area contributed by atoms with Crippen LogP contribution in [0.2, 0.25) is 0 Å². The lowest BCUT2D eigenvalue weighted by Crippen LogP contribution is -2.53. The average Bonchev–Trinajstić information content (AvgIpc) is 2.45. The normalized spacial score (nSPS) is 22.1. The zero-order valence-corrected chi connectivity index (χ0v) is 13.6. The molecule has 21 heavy (non-hydrogen) atoms. The molecule has 0 saturated carbocycles. The van der Waals surface area contributed by atoms with Gasteiger partial charge in [0.2, 0.25) is 10.0 Å². The molecule has 0 amide bonds. The monoisotopic (exact) mass is 311 g/mol. The van der Waals surface area contributed by atoms with Crippen molar-refractivity contribution in [1.29, 1.82) is 0 Å². The Balaban J connectivity index is 1.83. The van der Waals surface area contributed by atoms with Gasteiger partial charge in [-0.2, -0.15) is 0 Å². The summed E-state index contributed by atoms with van der Waals surface area (Å²) in [5.41, 5.74) is 1.12. The van der Waals surface area contributed by atoms with E-state index in [0.717, 1.165) is 24.9 Å².